The Bertz CT molecular complexity index is 736. The first-order valence-corrected chi connectivity index (χ1v) is 10.2. The Morgan fingerprint density at radius 3 is 2.52 bits per heavy atom. The largest absolute Gasteiger partial charge is 0.391 e. The molecule has 1 saturated carbocycles. The number of nitrogens with zero attached hydrogens (tertiary/aromatic N) is 2. The second-order valence-corrected chi connectivity index (χ2v) is 8.10. The van der Waals surface area contributed by atoms with E-state index in [-0.39, 0.29) is 25.3 Å². The highest BCUT2D eigenvalue weighted by molar-refractivity contribution is 6.30. The highest BCUT2D eigenvalue weighted by Crippen LogP contribution is 2.39. The minimum atomic E-state index is -4.27. The summed E-state index contributed by atoms with van der Waals surface area (Å²) in [5.74, 6) is -2.78. The Morgan fingerprint density at radius 1 is 1.14 bits per heavy atom. The van der Waals surface area contributed by atoms with Gasteiger partial charge < -0.3 is 15.1 Å². The van der Waals surface area contributed by atoms with Crippen molar-refractivity contribution >= 4 is 29.1 Å². The van der Waals surface area contributed by atoms with Gasteiger partial charge >= 0.3 is 6.18 Å². The molecular weight excluding hydrogens is 407 g/mol. The highest BCUT2D eigenvalue weighted by atomic mass is 35.5. The molecule has 0 bridgehead atoms. The van der Waals surface area contributed by atoms with E-state index in [1.54, 1.807) is 11.0 Å². The molecule has 1 heterocycles. The SMILES string of the molecule is O=C(NCC(=O)N1CCN(c2cccc(Cl)c2)CC1)C1CCCC(C(F)(F)F)C1. The number of rotatable bonds is 4. The molecule has 1 N–H and O–H groups in total. The van der Waals surface area contributed by atoms with Crippen molar-refractivity contribution in [2.75, 3.05) is 37.6 Å². The van der Waals surface area contributed by atoms with Gasteiger partial charge in [-0.25, -0.2) is 0 Å². The molecule has 2 amide bonds. The summed E-state index contributed by atoms with van der Waals surface area (Å²) < 4.78 is 38.7. The highest BCUT2D eigenvalue weighted by Gasteiger charge is 2.43. The van der Waals surface area contributed by atoms with Gasteiger partial charge in [-0.05, 0) is 37.5 Å². The van der Waals surface area contributed by atoms with Gasteiger partial charge in [0.1, 0.15) is 0 Å². The lowest BCUT2D eigenvalue weighted by atomic mass is 9.80. The van der Waals surface area contributed by atoms with Gasteiger partial charge in [-0.3, -0.25) is 9.59 Å². The molecule has 5 nitrogen and oxygen atoms in total. The van der Waals surface area contributed by atoms with Crippen molar-refractivity contribution in [1.82, 2.24) is 10.2 Å². The van der Waals surface area contributed by atoms with Crippen molar-refractivity contribution < 1.29 is 22.8 Å². The quantitative estimate of drug-likeness (QED) is 0.794. The monoisotopic (exact) mass is 431 g/mol. The summed E-state index contributed by atoms with van der Waals surface area (Å²) in [5.41, 5.74) is 0.995. The Balaban J connectivity index is 1.43. The molecule has 160 valence electrons. The fraction of sp³-hybridized carbons (Fsp3) is 0.600. The van der Waals surface area contributed by atoms with E-state index in [0.29, 0.717) is 44.0 Å². The second kappa shape index (κ2) is 9.24. The van der Waals surface area contributed by atoms with Crippen molar-refractivity contribution in [1.29, 1.82) is 0 Å². The fourth-order valence-electron chi connectivity index (χ4n) is 4.03. The minimum Gasteiger partial charge on any atom is -0.368 e. The normalized spacial score (nSPS) is 23.0. The molecule has 9 heteroatoms. The zero-order valence-electron chi connectivity index (χ0n) is 16.1. The van der Waals surface area contributed by atoms with E-state index in [9.17, 15) is 22.8 Å². The molecule has 0 spiro atoms. The van der Waals surface area contributed by atoms with Crippen LogP contribution < -0.4 is 10.2 Å². The number of hydrogen-bond acceptors (Lipinski definition) is 3. The predicted molar refractivity (Wildman–Crippen MR) is 105 cm³/mol. The van der Waals surface area contributed by atoms with Gasteiger partial charge in [-0.1, -0.05) is 24.1 Å². The van der Waals surface area contributed by atoms with Crippen LogP contribution in [0.4, 0.5) is 18.9 Å². The first-order chi connectivity index (χ1) is 13.7. The van der Waals surface area contributed by atoms with E-state index < -0.39 is 23.9 Å². The van der Waals surface area contributed by atoms with Crippen molar-refractivity contribution in [3.8, 4) is 0 Å². The van der Waals surface area contributed by atoms with Crippen molar-refractivity contribution in [3.05, 3.63) is 29.3 Å². The lowest BCUT2D eigenvalue weighted by molar-refractivity contribution is -0.186. The number of piperazine rings is 1. The molecular formula is C20H25ClF3N3O2. The van der Waals surface area contributed by atoms with Gasteiger partial charge in [0.05, 0.1) is 12.5 Å². The van der Waals surface area contributed by atoms with E-state index in [1.165, 1.54) is 0 Å². The third-order valence-electron chi connectivity index (χ3n) is 5.73. The molecule has 1 aromatic rings. The van der Waals surface area contributed by atoms with E-state index in [0.717, 1.165) is 5.69 Å². The van der Waals surface area contributed by atoms with Crippen LogP contribution in [0.15, 0.2) is 24.3 Å². The van der Waals surface area contributed by atoms with Gasteiger partial charge in [0.2, 0.25) is 11.8 Å². The van der Waals surface area contributed by atoms with Gasteiger partial charge in [0.15, 0.2) is 0 Å². The molecule has 2 aliphatic rings. The maximum absolute atomic E-state index is 12.9. The number of anilines is 1. The first kappa shape index (κ1) is 21.7. The van der Waals surface area contributed by atoms with E-state index in [4.69, 9.17) is 11.6 Å². The average Bonchev–Trinajstić information content (AvgIpc) is 2.71. The zero-order valence-corrected chi connectivity index (χ0v) is 16.8. The molecule has 1 aliphatic carbocycles. The van der Waals surface area contributed by atoms with Crippen LogP contribution in [0.2, 0.25) is 5.02 Å². The molecule has 1 aliphatic heterocycles. The maximum Gasteiger partial charge on any atom is 0.391 e. The van der Waals surface area contributed by atoms with E-state index in [1.807, 2.05) is 18.2 Å². The van der Waals surface area contributed by atoms with E-state index in [2.05, 4.69) is 10.2 Å². The van der Waals surface area contributed by atoms with Gasteiger partial charge in [0.25, 0.3) is 0 Å². The summed E-state index contributed by atoms with van der Waals surface area (Å²) in [6.45, 7) is 2.15. The van der Waals surface area contributed by atoms with Crippen LogP contribution in [0.1, 0.15) is 25.7 Å². The third kappa shape index (κ3) is 5.78. The fourth-order valence-corrected chi connectivity index (χ4v) is 4.22. The number of carbonyl (C=O) groups is 2. The summed E-state index contributed by atoms with van der Waals surface area (Å²) in [4.78, 5) is 28.5. The number of amides is 2. The molecule has 29 heavy (non-hydrogen) atoms. The Hall–Kier alpha value is -1.96. The van der Waals surface area contributed by atoms with Crippen LogP contribution in [0.5, 0.6) is 0 Å². The molecule has 1 aromatic carbocycles. The van der Waals surface area contributed by atoms with Crippen LogP contribution in [0, 0.1) is 11.8 Å². The zero-order chi connectivity index (χ0) is 21.0. The van der Waals surface area contributed by atoms with Crippen LogP contribution in [0.3, 0.4) is 0 Å². The molecule has 3 rings (SSSR count). The molecule has 2 unspecified atom stereocenters. The summed E-state index contributed by atoms with van der Waals surface area (Å²) in [6.07, 6.45) is -3.57. The molecule has 0 radical (unpaired) electrons. The van der Waals surface area contributed by atoms with Crippen LogP contribution >= 0.6 is 11.6 Å². The number of benzene rings is 1. The average molecular weight is 432 g/mol. The molecule has 2 atom stereocenters. The Kier molecular flexibility index (Phi) is 6.93. The maximum atomic E-state index is 12.9. The predicted octanol–water partition coefficient (Wildman–Crippen LogP) is 3.47. The van der Waals surface area contributed by atoms with Crippen molar-refractivity contribution in [2.45, 2.75) is 31.9 Å². The number of halogens is 4. The number of carbonyl (C=O) groups excluding carboxylic acids is 2. The molecule has 0 aromatic heterocycles. The smallest absolute Gasteiger partial charge is 0.368 e. The third-order valence-corrected chi connectivity index (χ3v) is 5.96. The summed E-state index contributed by atoms with van der Waals surface area (Å²) >= 11 is 6.02. The van der Waals surface area contributed by atoms with Gasteiger partial charge in [0, 0.05) is 42.8 Å². The topological polar surface area (TPSA) is 52.7 Å². The van der Waals surface area contributed by atoms with Gasteiger partial charge in [-0.15, -0.1) is 0 Å². The van der Waals surface area contributed by atoms with Crippen LogP contribution in [-0.4, -0.2) is 55.6 Å². The summed E-state index contributed by atoms with van der Waals surface area (Å²) in [7, 11) is 0. The lowest BCUT2D eigenvalue weighted by Crippen LogP contribution is -2.51. The Labute approximate surface area is 173 Å². The standard InChI is InChI=1S/C20H25ClF3N3O2/c21-16-5-2-6-17(12-16)26-7-9-27(10-8-26)18(28)13-25-19(29)14-3-1-4-15(11-14)20(22,23)24/h2,5-6,12,14-15H,1,3-4,7-11,13H2,(H,25,29). The number of nitrogens with one attached hydrogen (secondary N) is 1. The van der Waals surface area contributed by atoms with Gasteiger partial charge in [-0.2, -0.15) is 13.2 Å². The second-order valence-electron chi connectivity index (χ2n) is 7.67. The van der Waals surface area contributed by atoms with Crippen molar-refractivity contribution in [2.24, 2.45) is 11.8 Å². The lowest BCUT2D eigenvalue weighted by Gasteiger charge is -2.36. The molecule has 1 saturated heterocycles. The van der Waals surface area contributed by atoms with Crippen LogP contribution in [0.25, 0.3) is 0 Å². The minimum absolute atomic E-state index is 0.0725. The summed E-state index contributed by atoms with van der Waals surface area (Å²) in [5, 5.41) is 3.20. The summed E-state index contributed by atoms with van der Waals surface area (Å²) in [6, 6.07) is 7.51. The molecule has 2 fully saturated rings. The van der Waals surface area contributed by atoms with Crippen LogP contribution in [-0.2, 0) is 9.59 Å². The first-order valence-electron chi connectivity index (χ1n) is 9.87. The van der Waals surface area contributed by atoms with E-state index >= 15 is 0 Å². The number of alkyl halides is 3. The van der Waals surface area contributed by atoms with Crippen molar-refractivity contribution in [3.63, 3.8) is 0 Å². The number of hydrogen-bond donors (Lipinski definition) is 1. The Morgan fingerprint density at radius 2 is 1.86 bits per heavy atom.